The smallest absolute Gasteiger partial charge is 0.319 e. The van der Waals surface area contributed by atoms with Crippen molar-refractivity contribution in [3.05, 3.63) is 29.8 Å². The quantitative estimate of drug-likeness (QED) is 0.807. The van der Waals surface area contributed by atoms with Crippen LogP contribution in [-0.4, -0.2) is 49.6 Å². The van der Waals surface area contributed by atoms with E-state index in [0.717, 1.165) is 32.4 Å². The summed E-state index contributed by atoms with van der Waals surface area (Å²) in [6, 6.07) is 6.43. The molecule has 1 fully saturated rings. The lowest BCUT2D eigenvalue weighted by Crippen LogP contribution is -2.35. The number of anilines is 1. The molecule has 0 atom stereocenters. The second kappa shape index (κ2) is 8.90. The van der Waals surface area contributed by atoms with Crippen molar-refractivity contribution < 1.29 is 19.1 Å². The molecular formula is C17H23N3O4. The second-order valence-electron chi connectivity index (χ2n) is 5.64. The van der Waals surface area contributed by atoms with Gasteiger partial charge in [0.05, 0.1) is 13.5 Å². The van der Waals surface area contributed by atoms with Crippen molar-refractivity contribution in [2.75, 3.05) is 32.1 Å². The first-order valence-electron chi connectivity index (χ1n) is 8.11. The maximum absolute atomic E-state index is 12.5. The van der Waals surface area contributed by atoms with Crippen LogP contribution in [-0.2, 0) is 9.53 Å². The molecule has 7 nitrogen and oxygen atoms in total. The Balaban J connectivity index is 1.88. The Morgan fingerprint density at radius 2 is 1.92 bits per heavy atom. The molecule has 1 heterocycles. The number of nitrogens with zero attached hydrogens (tertiary/aromatic N) is 1. The number of carbonyl (C=O) groups is 3. The Hall–Kier alpha value is -2.57. The van der Waals surface area contributed by atoms with Crippen molar-refractivity contribution in [3.63, 3.8) is 0 Å². The summed E-state index contributed by atoms with van der Waals surface area (Å²) < 4.78 is 4.50. The van der Waals surface area contributed by atoms with Crippen molar-refractivity contribution in [1.82, 2.24) is 10.2 Å². The second-order valence-corrected chi connectivity index (χ2v) is 5.64. The van der Waals surface area contributed by atoms with E-state index in [1.807, 2.05) is 4.90 Å². The zero-order valence-corrected chi connectivity index (χ0v) is 13.8. The highest BCUT2D eigenvalue weighted by Crippen LogP contribution is 2.16. The van der Waals surface area contributed by atoms with Crippen molar-refractivity contribution >= 4 is 23.6 Å². The number of benzene rings is 1. The van der Waals surface area contributed by atoms with Gasteiger partial charge in [0, 0.05) is 30.9 Å². The molecule has 0 unspecified atom stereocenters. The van der Waals surface area contributed by atoms with Crippen LogP contribution in [0.1, 0.15) is 36.0 Å². The van der Waals surface area contributed by atoms with E-state index in [1.165, 1.54) is 7.11 Å². The molecule has 24 heavy (non-hydrogen) atoms. The van der Waals surface area contributed by atoms with Gasteiger partial charge in [-0.2, -0.15) is 0 Å². The van der Waals surface area contributed by atoms with E-state index in [9.17, 15) is 14.4 Å². The maximum Gasteiger partial charge on any atom is 0.319 e. The summed E-state index contributed by atoms with van der Waals surface area (Å²) in [6.07, 6.45) is 3.34. The van der Waals surface area contributed by atoms with E-state index >= 15 is 0 Å². The number of nitrogens with one attached hydrogen (secondary N) is 2. The Kier molecular flexibility index (Phi) is 6.60. The van der Waals surface area contributed by atoms with Crippen molar-refractivity contribution in [1.29, 1.82) is 0 Å². The van der Waals surface area contributed by atoms with Gasteiger partial charge in [0.15, 0.2) is 0 Å². The van der Waals surface area contributed by atoms with Crippen LogP contribution in [0.25, 0.3) is 0 Å². The molecular weight excluding hydrogens is 310 g/mol. The standard InChI is InChI=1S/C17H23N3O4/c1-24-15(21)8-9-18-17(23)19-14-7-5-6-13(12-14)16(22)20-10-3-2-4-11-20/h5-7,12H,2-4,8-11H2,1H3,(H2,18,19,23). The maximum atomic E-state index is 12.5. The van der Waals surface area contributed by atoms with Gasteiger partial charge in [-0.3, -0.25) is 9.59 Å². The van der Waals surface area contributed by atoms with Crippen LogP contribution in [0.15, 0.2) is 24.3 Å². The minimum absolute atomic E-state index is 0.00977. The van der Waals surface area contributed by atoms with E-state index in [0.29, 0.717) is 11.3 Å². The fourth-order valence-corrected chi connectivity index (χ4v) is 2.56. The summed E-state index contributed by atoms with van der Waals surface area (Å²) in [6.45, 7) is 1.75. The first-order valence-corrected chi connectivity index (χ1v) is 8.11. The Morgan fingerprint density at radius 3 is 2.62 bits per heavy atom. The van der Waals surface area contributed by atoms with E-state index in [1.54, 1.807) is 24.3 Å². The van der Waals surface area contributed by atoms with E-state index < -0.39 is 6.03 Å². The molecule has 0 aliphatic carbocycles. The largest absolute Gasteiger partial charge is 0.469 e. The molecule has 7 heteroatoms. The molecule has 2 N–H and O–H groups in total. The summed E-state index contributed by atoms with van der Waals surface area (Å²) in [4.78, 5) is 37.1. The lowest BCUT2D eigenvalue weighted by atomic mass is 10.1. The van der Waals surface area contributed by atoms with Crippen LogP contribution in [0.4, 0.5) is 10.5 Å². The average molecular weight is 333 g/mol. The summed E-state index contributed by atoms with van der Waals surface area (Å²) in [5.41, 5.74) is 1.10. The molecule has 0 radical (unpaired) electrons. The Morgan fingerprint density at radius 1 is 1.17 bits per heavy atom. The highest BCUT2D eigenvalue weighted by Gasteiger charge is 2.18. The predicted molar refractivity (Wildman–Crippen MR) is 89.9 cm³/mol. The zero-order chi connectivity index (χ0) is 17.4. The van der Waals surface area contributed by atoms with Gasteiger partial charge in [0.25, 0.3) is 5.91 Å². The summed E-state index contributed by atoms with van der Waals surface area (Å²) in [5, 5.41) is 5.22. The first-order chi connectivity index (χ1) is 11.6. The van der Waals surface area contributed by atoms with Gasteiger partial charge < -0.3 is 20.3 Å². The number of hydrogen-bond acceptors (Lipinski definition) is 4. The van der Waals surface area contributed by atoms with Gasteiger partial charge >= 0.3 is 12.0 Å². The number of urea groups is 1. The molecule has 1 saturated heterocycles. The first kappa shape index (κ1) is 17.8. The van der Waals surface area contributed by atoms with E-state index in [2.05, 4.69) is 15.4 Å². The van der Waals surface area contributed by atoms with Crippen molar-refractivity contribution in [2.24, 2.45) is 0 Å². The van der Waals surface area contributed by atoms with Crippen LogP contribution in [0.3, 0.4) is 0 Å². The summed E-state index contributed by atoms with van der Waals surface area (Å²) >= 11 is 0. The Labute approximate surface area is 141 Å². The van der Waals surface area contributed by atoms with Crippen molar-refractivity contribution in [2.45, 2.75) is 25.7 Å². The van der Waals surface area contributed by atoms with Gasteiger partial charge in [-0.1, -0.05) is 6.07 Å². The highest BCUT2D eigenvalue weighted by atomic mass is 16.5. The molecule has 0 saturated carbocycles. The number of ether oxygens (including phenoxy) is 1. The fourth-order valence-electron chi connectivity index (χ4n) is 2.56. The number of esters is 1. The van der Waals surface area contributed by atoms with Crippen LogP contribution >= 0.6 is 0 Å². The molecule has 130 valence electrons. The monoisotopic (exact) mass is 333 g/mol. The minimum atomic E-state index is -0.429. The predicted octanol–water partition coefficient (Wildman–Crippen LogP) is 2.00. The zero-order valence-electron chi connectivity index (χ0n) is 13.8. The topological polar surface area (TPSA) is 87.7 Å². The van der Waals surface area contributed by atoms with Crippen LogP contribution in [0.2, 0.25) is 0 Å². The van der Waals surface area contributed by atoms with Gasteiger partial charge in [0.2, 0.25) is 0 Å². The van der Waals surface area contributed by atoms with Gasteiger partial charge in [-0.15, -0.1) is 0 Å². The summed E-state index contributed by atoms with van der Waals surface area (Å²) in [5.74, 6) is -0.395. The van der Waals surface area contributed by atoms with Crippen LogP contribution < -0.4 is 10.6 Å². The van der Waals surface area contributed by atoms with Crippen LogP contribution in [0, 0.1) is 0 Å². The number of amides is 3. The fraction of sp³-hybridized carbons (Fsp3) is 0.471. The van der Waals surface area contributed by atoms with Gasteiger partial charge in [-0.05, 0) is 37.5 Å². The molecule has 0 spiro atoms. The molecule has 0 bridgehead atoms. The SMILES string of the molecule is COC(=O)CCNC(=O)Nc1cccc(C(=O)N2CCCCC2)c1. The minimum Gasteiger partial charge on any atom is -0.469 e. The third-order valence-corrected chi connectivity index (χ3v) is 3.85. The molecule has 2 rings (SSSR count). The third-order valence-electron chi connectivity index (χ3n) is 3.85. The average Bonchev–Trinajstić information content (AvgIpc) is 2.61. The normalized spacial score (nSPS) is 14.0. The molecule has 0 aromatic heterocycles. The van der Waals surface area contributed by atoms with E-state index in [-0.39, 0.29) is 24.8 Å². The number of methoxy groups -OCH3 is 1. The molecule has 1 aliphatic heterocycles. The van der Waals surface area contributed by atoms with Crippen LogP contribution in [0.5, 0.6) is 0 Å². The molecule has 3 amide bonds. The van der Waals surface area contributed by atoms with Crippen molar-refractivity contribution in [3.8, 4) is 0 Å². The molecule has 1 aliphatic rings. The molecule has 1 aromatic carbocycles. The number of piperidine rings is 1. The number of likely N-dealkylation sites (tertiary alicyclic amines) is 1. The lowest BCUT2D eigenvalue weighted by Gasteiger charge is -2.26. The lowest BCUT2D eigenvalue weighted by molar-refractivity contribution is -0.140. The number of rotatable bonds is 5. The van der Waals surface area contributed by atoms with Gasteiger partial charge in [-0.25, -0.2) is 4.79 Å². The van der Waals surface area contributed by atoms with E-state index in [4.69, 9.17) is 0 Å². The third kappa shape index (κ3) is 5.26. The number of hydrogen-bond donors (Lipinski definition) is 2. The van der Waals surface area contributed by atoms with Gasteiger partial charge in [0.1, 0.15) is 0 Å². The Bertz CT molecular complexity index is 597. The molecule has 1 aromatic rings. The number of carbonyl (C=O) groups excluding carboxylic acids is 3. The highest BCUT2D eigenvalue weighted by molar-refractivity contribution is 5.97. The summed E-state index contributed by atoms with van der Waals surface area (Å²) in [7, 11) is 1.30.